The van der Waals surface area contributed by atoms with Crippen LogP contribution in [0.2, 0.25) is 0 Å². The fourth-order valence-electron chi connectivity index (χ4n) is 5.39. The van der Waals surface area contributed by atoms with Crippen LogP contribution in [-0.2, 0) is 14.3 Å². The molecule has 3 atom stereocenters. The molecular formula is C31H40N2O5. The fraction of sp³-hybridized carbons (Fsp3) is 0.516. The van der Waals surface area contributed by atoms with E-state index in [1.165, 1.54) is 6.42 Å². The molecule has 0 bridgehead atoms. The molecule has 2 aromatic rings. The first-order chi connectivity index (χ1) is 18.3. The first kappa shape index (κ1) is 28.0. The van der Waals surface area contributed by atoms with E-state index in [-0.39, 0.29) is 30.1 Å². The van der Waals surface area contributed by atoms with E-state index >= 15 is 0 Å². The van der Waals surface area contributed by atoms with Crippen LogP contribution in [0.25, 0.3) is 11.1 Å². The Morgan fingerprint density at radius 1 is 0.947 bits per heavy atom. The van der Waals surface area contributed by atoms with Crippen LogP contribution in [0.5, 0.6) is 0 Å². The third-order valence-corrected chi connectivity index (χ3v) is 7.68. The van der Waals surface area contributed by atoms with Gasteiger partial charge in [-0.2, -0.15) is 0 Å². The SMILES string of the molecule is CC(C)C[C@H](NC(=O)[C@H](CC1CCCCC1)NC(=O)c1cccc(-c2ccccc2)c1)C(=O)C1(CO)CO1. The van der Waals surface area contributed by atoms with Crippen molar-refractivity contribution >= 4 is 17.6 Å². The quantitative estimate of drug-likeness (QED) is 0.362. The van der Waals surface area contributed by atoms with E-state index in [1.54, 1.807) is 6.07 Å². The van der Waals surface area contributed by atoms with Crippen molar-refractivity contribution in [3.63, 3.8) is 0 Å². The Balaban J connectivity index is 1.52. The van der Waals surface area contributed by atoms with Gasteiger partial charge in [-0.3, -0.25) is 14.4 Å². The van der Waals surface area contributed by atoms with Crippen molar-refractivity contribution in [3.05, 3.63) is 60.2 Å². The average molecular weight is 521 g/mol. The van der Waals surface area contributed by atoms with Crippen molar-refractivity contribution in [1.82, 2.24) is 10.6 Å². The van der Waals surface area contributed by atoms with Crippen LogP contribution in [0.15, 0.2) is 54.6 Å². The topological polar surface area (TPSA) is 108 Å². The van der Waals surface area contributed by atoms with Crippen LogP contribution in [0.1, 0.15) is 69.2 Å². The van der Waals surface area contributed by atoms with Gasteiger partial charge in [0, 0.05) is 5.56 Å². The first-order valence-corrected chi connectivity index (χ1v) is 13.9. The van der Waals surface area contributed by atoms with E-state index in [4.69, 9.17) is 4.74 Å². The number of hydrogen-bond acceptors (Lipinski definition) is 5. The smallest absolute Gasteiger partial charge is 0.251 e. The lowest BCUT2D eigenvalue weighted by Crippen LogP contribution is -2.55. The summed E-state index contributed by atoms with van der Waals surface area (Å²) in [6.45, 7) is 3.71. The second kappa shape index (κ2) is 12.7. The molecule has 2 aliphatic rings. The number of benzene rings is 2. The molecular weight excluding hydrogens is 480 g/mol. The van der Waals surface area contributed by atoms with Crippen molar-refractivity contribution < 1.29 is 24.2 Å². The van der Waals surface area contributed by atoms with E-state index in [1.807, 2.05) is 62.4 Å². The van der Waals surface area contributed by atoms with Crippen molar-refractivity contribution in [3.8, 4) is 11.1 Å². The number of aliphatic hydroxyl groups is 1. The number of epoxide rings is 1. The maximum Gasteiger partial charge on any atom is 0.251 e. The lowest BCUT2D eigenvalue weighted by Gasteiger charge is -2.29. The number of carbonyl (C=O) groups is 3. The minimum absolute atomic E-state index is 0.144. The van der Waals surface area contributed by atoms with Crippen molar-refractivity contribution in [2.75, 3.05) is 13.2 Å². The summed E-state index contributed by atoms with van der Waals surface area (Å²) in [5.74, 6) is -0.504. The molecule has 2 fully saturated rings. The summed E-state index contributed by atoms with van der Waals surface area (Å²) in [6, 6.07) is 15.7. The van der Waals surface area contributed by atoms with Crippen LogP contribution >= 0.6 is 0 Å². The molecule has 1 aliphatic heterocycles. The minimum atomic E-state index is -1.22. The highest BCUT2D eigenvalue weighted by molar-refractivity contribution is 6.00. The van der Waals surface area contributed by atoms with E-state index in [0.29, 0.717) is 24.3 Å². The van der Waals surface area contributed by atoms with Crippen LogP contribution in [0.3, 0.4) is 0 Å². The minimum Gasteiger partial charge on any atom is -0.393 e. The van der Waals surface area contributed by atoms with Gasteiger partial charge in [0.25, 0.3) is 5.91 Å². The van der Waals surface area contributed by atoms with E-state index < -0.39 is 24.3 Å². The summed E-state index contributed by atoms with van der Waals surface area (Å²) in [7, 11) is 0. The lowest BCUT2D eigenvalue weighted by atomic mass is 9.84. The number of carbonyl (C=O) groups excluding carboxylic acids is 3. The highest BCUT2D eigenvalue weighted by Crippen LogP contribution is 2.31. The maximum absolute atomic E-state index is 13.6. The first-order valence-electron chi connectivity index (χ1n) is 13.9. The van der Waals surface area contributed by atoms with Gasteiger partial charge >= 0.3 is 0 Å². The normalized spacial score (nSPS) is 20.9. The van der Waals surface area contributed by atoms with Crippen molar-refractivity contribution in [1.29, 1.82) is 0 Å². The summed E-state index contributed by atoms with van der Waals surface area (Å²) in [5.41, 5.74) is 1.20. The zero-order chi connectivity index (χ0) is 27.1. The molecule has 0 spiro atoms. The number of ether oxygens (including phenoxy) is 1. The molecule has 7 heteroatoms. The highest BCUT2D eigenvalue weighted by atomic mass is 16.6. The zero-order valence-corrected chi connectivity index (χ0v) is 22.4. The Morgan fingerprint density at radius 2 is 1.63 bits per heavy atom. The summed E-state index contributed by atoms with van der Waals surface area (Å²) in [6.07, 6.45) is 6.45. The van der Waals surface area contributed by atoms with Gasteiger partial charge in [-0.15, -0.1) is 0 Å². The molecule has 204 valence electrons. The molecule has 4 rings (SSSR count). The summed E-state index contributed by atoms with van der Waals surface area (Å²) in [5, 5.41) is 15.6. The van der Waals surface area contributed by atoms with Gasteiger partial charge in [0.2, 0.25) is 5.91 Å². The second-order valence-electron chi connectivity index (χ2n) is 11.2. The molecule has 2 aromatic carbocycles. The Hall–Kier alpha value is -3.03. The van der Waals surface area contributed by atoms with Crippen LogP contribution in [-0.4, -0.2) is 53.6 Å². The van der Waals surface area contributed by atoms with E-state index in [2.05, 4.69) is 10.6 Å². The maximum atomic E-state index is 13.6. The zero-order valence-electron chi connectivity index (χ0n) is 22.4. The number of ketones is 1. The van der Waals surface area contributed by atoms with E-state index in [0.717, 1.165) is 36.8 Å². The predicted octanol–water partition coefficient (Wildman–Crippen LogP) is 4.28. The number of aliphatic hydroxyl groups excluding tert-OH is 1. The fourth-order valence-corrected chi connectivity index (χ4v) is 5.39. The Kier molecular flexibility index (Phi) is 9.34. The average Bonchev–Trinajstić information content (AvgIpc) is 3.74. The lowest BCUT2D eigenvalue weighted by molar-refractivity contribution is -0.133. The summed E-state index contributed by atoms with van der Waals surface area (Å²) in [4.78, 5) is 40.2. The van der Waals surface area contributed by atoms with Crippen molar-refractivity contribution in [2.45, 2.75) is 76.5 Å². The number of Topliss-reactive ketones (excluding diaryl/α,β-unsaturated/α-hetero) is 1. The largest absolute Gasteiger partial charge is 0.393 e. The molecule has 1 unspecified atom stereocenters. The molecule has 3 N–H and O–H groups in total. The molecule has 7 nitrogen and oxygen atoms in total. The van der Waals surface area contributed by atoms with Crippen LogP contribution in [0, 0.1) is 11.8 Å². The number of hydrogen-bond donors (Lipinski definition) is 3. The van der Waals surface area contributed by atoms with Gasteiger partial charge in [-0.05, 0) is 47.9 Å². The van der Waals surface area contributed by atoms with Crippen molar-refractivity contribution in [2.24, 2.45) is 11.8 Å². The molecule has 1 saturated carbocycles. The van der Waals surface area contributed by atoms with Crippen LogP contribution < -0.4 is 10.6 Å². The second-order valence-corrected chi connectivity index (χ2v) is 11.2. The van der Waals surface area contributed by atoms with Crippen LogP contribution in [0.4, 0.5) is 0 Å². The molecule has 38 heavy (non-hydrogen) atoms. The van der Waals surface area contributed by atoms with Gasteiger partial charge in [-0.25, -0.2) is 0 Å². The van der Waals surface area contributed by atoms with Gasteiger partial charge in [-0.1, -0.05) is 88.4 Å². The molecule has 1 saturated heterocycles. The molecule has 0 aromatic heterocycles. The predicted molar refractivity (Wildman–Crippen MR) is 146 cm³/mol. The third-order valence-electron chi connectivity index (χ3n) is 7.68. The Labute approximate surface area is 225 Å². The van der Waals surface area contributed by atoms with Gasteiger partial charge in [0.15, 0.2) is 11.4 Å². The number of amides is 2. The monoisotopic (exact) mass is 520 g/mol. The third kappa shape index (κ3) is 7.08. The summed E-state index contributed by atoms with van der Waals surface area (Å²) < 4.78 is 5.28. The Bertz CT molecular complexity index is 1110. The highest BCUT2D eigenvalue weighted by Gasteiger charge is 2.54. The Morgan fingerprint density at radius 3 is 2.26 bits per heavy atom. The van der Waals surface area contributed by atoms with Gasteiger partial charge < -0.3 is 20.5 Å². The summed E-state index contributed by atoms with van der Waals surface area (Å²) >= 11 is 0. The molecule has 1 heterocycles. The van der Waals surface area contributed by atoms with Gasteiger partial charge in [0.1, 0.15) is 6.04 Å². The number of nitrogens with one attached hydrogen (secondary N) is 2. The van der Waals surface area contributed by atoms with Gasteiger partial charge in [0.05, 0.1) is 19.3 Å². The standard InChI is InChI=1S/C31H40N2O5/c1-21(2)16-26(28(35)31(19-34)20-38-31)32-30(37)27(17-22-10-5-3-6-11-22)33-29(36)25-15-9-14-24(18-25)23-12-7-4-8-13-23/h4,7-9,12-15,18,21-22,26-27,34H,3,5-6,10-11,16-17,19-20H2,1-2H3,(H,32,37)(H,33,36)/t26-,27-,31?/m0/s1. The molecule has 1 aliphatic carbocycles. The molecule has 0 radical (unpaired) electrons. The number of rotatable bonds is 12. The van der Waals surface area contributed by atoms with E-state index in [9.17, 15) is 19.5 Å². The molecule has 2 amide bonds.